The molecule has 0 aliphatic rings. The number of halogens is 1. The number of carbonyl (C=O) groups excluding carboxylic acids is 1. The number of hydrogen-bond donors (Lipinski definition) is 2. The Morgan fingerprint density at radius 3 is 2.80 bits per heavy atom. The van der Waals surface area contributed by atoms with Crippen molar-refractivity contribution in [1.29, 1.82) is 0 Å². The van der Waals surface area contributed by atoms with E-state index in [2.05, 4.69) is 36.5 Å². The van der Waals surface area contributed by atoms with Crippen molar-refractivity contribution in [3.63, 3.8) is 0 Å². The van der Waals surface area contributed by atoms with Crippen molar-refractivity contribution in [3.8, 4) is 5.75 Å². The normalized spacial score (nSPS) is 10.5. The molecule has 2 N–H and O–H groups in total. The Balaban J connectivity index is 1.83. The van der Waals surface area contributed by atoms with E-state index >= 15 is 0 Å². The van der Waals surface area contributed by atoms with Gasteiger partial charge in [-0.2, -0.15) is 0 Å². The van der Waals surface area contributed by atoms with E-state index in [0.717, 1.165) is 26.8 Å². The van der Waals surface area contributed by atoms with Crippen LogP contribution in [0.5, 0.6) is 5.75 Å². The number of carbonyl (C=O) groups is 1. The zero-order chi connectivity index (χ0) is 17.8. The maximum absolute atomic E-state index is 11.3. The summed E-state index contributed by atoms with van der Waals surface area (Å²) in [5.41, 5.74) is 4.17. The molecule has 0 aliphatic carbocycles. The molecule has 0 bridgehead atoms. The molecule has 7 heteroatoms. The summed E-state index contributed by atoms with van der Waals surface area (Å²) in [5, 5.41) is 6.15. The van der Waals surface area contributed by atoms with Crippen molar-refractivity contribution in [2.45, 2.75) is 13.5 Å². The highest BCUT2D eigenvalue weighted by Gasteiger charge is 2.08. The van der Waals surface area contributed by atoms with Gasteiger partial charge in [-0.3, -0.25) is 14.8 Å². The lowest BCUT2D eigenvalue weighted by atomic mass is 10.1. The average Bonchev–Trinajstić information content (AvgIpc) is 2.59. The first-order valence-electron chi connectivity index (χ1n) is 7.65. The van der Waals surface area contributed by atoms with Crippen molar-refractivity contribution < 1.29 is 9.53 Å². The first-order valence-corrected chi connectivity index (χ1v) is 8.45. The summed E-state index contributed by atoms with van der Waals surface area (Å²) in [7, 11) is 1.57. The maximum atomic E-state index is 11.3. The molecule has 2 aromatic heterocycles. The summed E-state index contributed by atoms with van der Waals surface area (Å²) in [5.74, 6) is 0.484. The van der Waals surface area contributed by atoms with E-state index in [1.807, 2.05) is 30.3 Å². The lowest BCUT2D eigenvalue weighted by Gasteiger charge is -2.13. The van der Waals surface area contributed by atoms with E-state index in [9.17, 15) is 4.79 Å². The first-order chi connectivity index (χ1) is 12.1. The van der Waals surface area contributed by atoms with Crippen molar-refractivity contribution in [1.82, 2.24) is 9.97 Å². The molecule has 1 aromatic carbocycles. The molecule has 0 aliphatic heterocycles. The summed E-state index contributed by atoms with van der Waals surface area (Å²) < 4.78 is 6.16. The Bertz CT molecular complexity index is 930. The van der Waals surface area contributed by atoms with Gasteiger partial charge in [0, 0.05) is 30.3 Å². The predicted octanol–water partition coefficient (Wildman–Crippen LogP) is 3.97. The minimum Gasteiger partial charge on any atom is -0.495 e. The lowest BCUT2D eigenvalue weighted by Crippen LogP contribution is -2.08. The number of anilines is 2. The highest BCUT2D eigenvalue weighted by molar-refractivity contribution is 9.10. The molecule has 0 fully saturated rings. The van der Waals surface area contributed by atoms with Crippen LogP contribution in [-0.2, 0) is 11.3 Å². The van der Waals surface area contributed by atoms with Gasteiger partial charge in [0.05, 0.1) is 24.0 Å². The molecule has 3 rings (SSSR count). The van der Waals surface area contributed by atoms with Crippen molar-refractivity contribution in [2.75, 3.05) is 17.7 Å². The van der Waals surface area contributed by atoms with E-state index in [-0.39, 0.29) is 5.91 Å². The highest BCUT2D eigenvalue weighted by atomic mass is 79.9. The summed E-state index contributed by atoms with van der Waals surface area (Å²) >= 11 is 3.40. The summed E-state index contributed by atoms with van der Waals surface area (Å²) in [6.07, 6.45) is 3.49. The fourth-order valence-electron chi connectivity index (χ4n) is 2.50. The van der Waals surface area contributed by atoms with Crippen LogP contribution < -0.4 is 15.4 Å². The zero-order valence-electron chi connectivity index (χ0n) is 13.8. The number of nitrogens with one attached hydrogen (secondary N) is 2. The number of benzene rings is 1. The summed E-state index contributed by atoms with van der Waals surface area (Å²) in [6.45, 7) is 2.05. The molecule has 0 saturated carbocycles. The molecule has 128 valence electrons. The molecular weight excluding hydrogens is 384 g/mol. The molecule has 2 heterocycles. The molecule has 0 atom stereocenters. The number of rotatable bonds is 5. The maximum Gasteiger partial charge on any atom is 0.221 e. The number of nitrogens with zero attached hydrogens (tertiary/aromatic N) is 2. The smallest absolute Gasteiger partial charge is 0.221 e. The number of methoxy groups -OCH3 is 1. The fourth-order valence-corrected chi connectivity index (χ4v) is 2.82. The van der Waals surface area contributed by atoms with Gasteiger partial charge < -0.3 is 15.4 Å². The summed E-state index contributed by atoms with van der Waals surface area (Å²) in [6, 6.07) is 9.49. The van der Waals surface area contributed by atoms with E-state index in [4.69, 9.17) is 4.74 Å². The fraction of sp³-hybridized carbons (Fsp3) is 0.167. The third-order valence-electron chi connectivity index (χ3n) is 3.60. The second kappa shape index (κ2) is 7.48. The number of amides is 1. The van der Waals surface area contributed by atoms with Crippen LogP contribution in [0, 0.1) is 0 Å². The van der Waals surface area contributed by atoms with Crippen molar-refractivity contribution >= 4 is 44.2 Å². The molecule has 6 nitrogen and oxygen atoms in total. The van der Waals surface area contributed by atoms with E-state index in [1.165, 1.54) is 6.92 Å². The van der Waals surface area contributed by atoms with Gasteiger partial charge in [0.15, 0.2) is 0 Å². The summed E-state index contributed by atoms with van der Waals surface area (Å²) in [4.78, 5) is 20.1. The third-order valence-corrected chi connectivity index (χ3v) is 4.04. The standard InChI is InChI=1S/C18H17BrN4O2/c1-11(24)23-15-7-12(3-4-17(15)25-2)9-21-14-5-6-20-16-8-13(19)10-22-18(14)16/h3-8,10H,9H2,1-2H3,(H,20,21)(H,23,24). The van der Waals surface area contributed by atoms with E-state index in [0.29, 0.717) is 18.0 Å². The Kier molecular flexibility index (Phi) is 5.14. The third kappa shape index (κ3) is 4.06. The second-order valence-electron chi connectivity index (χ2n) is 5.45. The Hall–Kier alpha value is -2.67. The minimum absolute atomic E-state index is 0.140. The Labute approximate surface area is 153 Å². The quantitative estimate of drug-likeness (QED) is 0.677. The van der Waals surface area contributed by atoms with Crippen LogP contribution in [0.15, 0.2) is 47.2 Å². The first kappa shape index (κ1) is 17.2. The number of hydrogen-bond acceptors (Lipinski definition) is 5. The van der Waals surface area contributed by atoms with Gasteiger partial charge in [-0.15, -0.1) is 0 Å². The SMILES string of the molecule is COc1ccc(CNc2ccnc3cc(Br)cnc23)cc1NC(C)=O. The zero-order valence-corrected chi connectivity index (χ0v) is 15.4. The molecule has 25 heavy (non-hydrogen) atoms. The average molecular weight is 401 g/mol. The van der Waals surface area contributed by atoms with Gasteiger partial charge in [-0.05, 0) is 45.8 Å². The molecule has 0 radical (unpaired) electrons. The van der Waals surface area contributed by atoms with Crippen LogP contribution in [0.1, 0.15) is 12.5 Å². The number of fused-ring (bicyclic) bond motifs is 1. The topological polar surface area (TPSA) is 76.1 Å². The van der Waals surface area contributed by atoms with Gasteiger partial charge in [-0.25, -0.2) is 0 Å². The van der Waals surface area contributed by atoms with Gasteiger partial charge in [0.1, 0.15) is 11.3 Å². The molecule has 0 spiro atoms. The number of aromatic nitrogens is 2. The Morgan fingerprint density at radius 1 is 1.20 bits per heavy atom. The van der Waals surface area contributed by atoms with Crippen LogP contribution in [0.2, 0.25) is 0 Å². The minimum atomic E-state index is -0.140. The molecule has 3 aromatic rings. The highest BCUT2D eigenvalue weighted by Crippen LogP contribution is 2.27. The largest absolute Gasteiger partial charge is 0.495 e. The van der Waals surface area contributed by atoms with Crippen LogP contribution in [0.4, 0.5) is 11.4 Å². The molecule has 0 saturated heterocycles. The van der Waals surface area contributed by atoms with Gasteiger partial charge >= 0.3 is 0 Å². The van der Waals surface area contributed by atoms with Crippen LogP contribution in [0.25, 0.3) is 11.0 Å². The monoisotopic (exact) mass is 400 g/mol. The van der Waals surface area contributed by atoms with Crippen LogP contribution in [-0.4, -0.2) is 23.0 Å². The van der Waals surface area contributed by atoms with E-state index < -0.39 is 0 Å². The van der Waals surface area contributed by atoms with Gasteiger partial charge in [0.2, 0.25) is 5.91 Å². The van der Waals surface area contributed by atoms with Crippen molar-refractivity contribution in [3.05, 3.63) is 52.8 Å². The second-order valence-corrected chi connectivity index (χ2v) is 6.36. The van der Waals surface area contributed by atoms with Crippen LogP contribution in [0.3, 0.4) is 0 Å². The number of ether oxygens (including phenoxy) is 1. The lowest BCUT2D eigenvalue weighted by molar-refractivity contribution is -0.114. The molecule has 0 unspecified atom stereocenters. The number of pyridine rings is 2. The van der Waals surface area contributed by atoms with E-state index in [1.54, 1.807) is 19.5 Å². The van der Waals surface area contributed by atoms with Gasteiger partial charge in [-0.1, -0.05) is 6.07 Å². The molecular formula is C18H17BrN4O2. The molecule has 1 amide bonds. The van der Waals surface area contributed by atoms with Crippen molar-refractivity contribution in [2.24, 2.45) is 0 Å². The Morgan fingerprint density at radius 2 is 2.04 bits per heavy atom. The van der Waals surface area contributed by atoms with Gasteiger partial charge in [0.25, 0.3) is 0 Å². The predicted molar refractivity (Wildman–Crippen MR) is 102 cm³/mol. The van der Waals surface area contributed by atoms with Crippen LogP contribution >= 0.6 is 15.9 Å².